The Morgan fingerprint density at radius 1 is 1.00 bits per heavy atom. The third-order valence-corrected chi connectivity index (χ3v) is 3.03. The van der Waals surface area contributed by atoms with E-state index in [4.69, 9.17) is 0 Å². The minimum Gasteiger partial charge on any atom is -0.494 e. The predicted molar refractivity (Wildman–Crippen MR) is 80.6 cm³/mol. The van der Waals surface area contributed by atoms with Crippen molar-refractivity contribution in [2.75, 3.05) is 0 Å². The number of aromatic amines is 2. The molecule has 0 aliphatic heterocycles. The molecule has 104 valence electrons. The molecule has 0 fully saturated rings. The zero-order valence-corrected chi connectivity index (χ0v) is 10.8. The normalized spacial score (nSPS) is 11.2. The summed E-state index contributed by atoms with van der Waals surface area (Å²) in [7, 11) is 0. The summed E-state index contributed by atoms with van der Waals surface area (Å²) in [6.07, 6.45) is 1.22. The maximum Gasteiger partial charge on any atom is 0.328 e. The Hall–Kier alpha value is -3.15. The number of nitrogens with one attached hydrogen (secondary N) is 2. The molecule has 0 amide bonds. The first-order valence-electron chi connectivity index (χ1n) is 6.22. The van der Waals surface area contributed by atoms with Gasteiger partial charge in [-0.2, -0.15) is 0 Å². The van der Waals surface area contributed by atoms with Gasteiger partial charge in [-0.25, -0.2) is 4.79 Å². The fraction of sp³-hybridized carbons (Fsp3) is 0. The number of aromatic nitrogens is 2. The number of benzene rings is 2. The first-order valence-corrected chi connectivity index (χ1v) is 6.22. The Labute approximate surface area is 118 Å². The van der Waals surface area contributed by atoms with Crippen molar-refractivity contribution in [3.63, 3.8) is 0 Å². The molecule has 0 saturated heterocycles. The van der Waals surface area contributed by atoms with Crippen molar-refractivity contribution >= 4 is 22.7 Å². The average molecular weight is 281 g/mol. The van der Waals surface area contributed by atoms with Crippen LogP contribution in [0.15, 0.2) is 57.0 Å². The van der Waals surface area contributed by atoms with Crippen LogP contribution in [-0.2, 0) is 0 Å². The lowest BCUT2D eigenvalue weighted by molar-refractivity contribution is 0.447. The van der Waals surface area contributed by atoms with Crippen molar-refractivity contribution in [3.8, 4) is 5.88 Å². The third kappa shape index (κ3) is 2.59. The van der Waals surface area contributed by atoms with Crippen LogP contribution in [0.2, 0.25) is 0 Å². The second-order valence-corrected chi connectivity index (χ2v) is 4.46. The van der Waals surface area contributed by atoms with Crippen LogP contribution in [0.4, 0.5) is 5.69 Å². The molecule has 21 heavy (non-hydrogen) atoms. The van der Waals surface area contributed by atoms with Crippen LogP contribution in [0.3, 0.4) is 0 Å². The molecule has 0 radical (unpaired) electrons. The number of fused-ring (bicyclic) bond motifs is 1. The van der Waals surface area contributed by atoms with Gasteiger partial charge in [-0.05, 0) is 22.9 Å². The van der Waals surface area contributed by atoms with Crippen molar-refractivity contribution in [1.82, 2.24) is 9.97 Å². The van der Waals surface area contributed by atoms with Crippen LogP contribution in [0, 0.1) is 0 Å². The van der Waals surface area contributed by atoms with Crippen LogP contribution >= 0.6 is 0 Å². The smallest absolute Gasteiger partial charge is 0.328 e. The fourth-order valence-corrected chi connectivity index (χ4v) is 2.00. The van der Waals surface area contributed by atoms with E-state index in [0.29, 0.717) is 5.69 Å². The van der Waals surface area contributed by atoms with Crippen molar-refractivity contribution in [2.45, 2.75) is 0 Å². The van der Waals surface area contributed by atoms with E-state index in [1.165, 1.54) is 6.21 Å². The molecule has 0 aliphatic carbocycles. The summed E-state index contributed by atoms with van der Waals surface area (Å²) >= 11 is 0. The van der Waals surface area contributed by atoms with Gasteiger partial charge in [0, 0.05) is 6.21 Å². The van der Waals surface area contributed by atoms with Gasteiger partial charge < -0.3 is 5.11 Å². The molecule has 6 heteroatoms. The van der Waals surface area contributed by atoms with Crippen LogP contribution in [-0.4, -0.2) is 21.3 Å². The van der Waals surface area contributed by atoms with Crippen molar-refractivity contribution in [3.05, 3.63) is 68.9 Å². The monoisotopic (exact) mass is 281 g/mol. The van der Waals surface area contributed by atoms with Gasteiger partial charge in [0.15, 0.2) is 0 Å². The lowest BCUT2D eigenvalue weighted by atomic mass is 10.1. The Kier molecular flexibility index (Phi) is 3.12. The van der Waals surface area contributed by atoms with Crippen LogP contribution in [0.25, 0.3) is 10.8 Å². The molecule has 6 nitrogen and oxygen atoms in total. The highest BCUT2D eigenvalue weighted by Crippen LogP contribution is 2.21. The summed E-state index contributed by atoms with van der Waals surface area (Å²) in [5.41, 5.74) is -0.914. The molecular weight excluding hydrogens is 270 g/mol. The number of rotatable bonds is 2. The van der Waals surface area contributed by atoms with Crippen LogP contribution in [0.1, 0.15) is 5.56 Å². The third-order valence-electron chi connectivity index (χ3n) is 3.03. The largest absolute Gasteiger partial charge is 0.494 e. The number of aliphatic imine (C=N–C) groups is 1. The van der Waals surface area contributed by atoms with Gasteiger partial charge in [0.25, 0.3) is 5.56 Å². The van der Waals surface area contributed by atoms with Gasteiger partial charge in [0.1, 0.15) is 5.56 Å². The van der Waals surface area contributed by atoms with Crippen molar-refractivity contribution < 1.29 is 5.11 Å². The van der Waals surface area contributed by atoms with Crippen LogP contribution in [0.5, 0.6) is 5.88 Å². The minimum absolute atomic E-state index is 0.0947. The number of hydrogen-bond donors (Lipinski definition) is 3. The number of nitrogens with zero attached hydrogens (tertiary/aromatic N) is 1. The van der Waals surface area contributed by atoms with E-state index in [1.54, 1.807) is 6.07 Å². The molecule has 0 aliphatic rings. The average Bonchev–Trinajstić information content (AvgIpc) is 2.46. The maximum absolute atomic E-state index is 11.6. The number of aromatic hydroxyl groups is 1. The summed E-state index contributed by atoms with van der Waals surface area (Å²) < 4.78 is 0. The molecule has 0 atom stereocenters. The van der Waals surface area contributed by atoms with E-state index >= 15 is 0 Å². The lowest BCUT2D eigenvalue weighted by Crippen LogP contribution is -2.24. The molecule has 3 aromatic rings. The summed E-state index contributed by atoms with van der Waals surface area (Å²) in [4.78, 5) is 30.8. The zero-order chi connectivity index (χ0) is 14.8. The van der Waals surface area contributed by atoms with E-state index in [2.05, 4.69) is 9.98 Å². The highest BCUT2D eigenvalue weighted by Gasteiger charge is 2.05. The molecule has 3 N–H and O–H groups in total. The Bertz CT molecular complexity index is 954. The van der Waals surface area contributed by atoms with Crippen LogP contribution < -0.4 is 11.2 Å². The molecule has 0 spiro atoms. The number of H-pyrrole nitrogens is 2. The van der Waals surface area contributed by atoms with E-state index in [1.807, 2.05) is 41.4 Å². The fourth-order valence-electron chi connectivity index (χ4n) is 2.00. The van der Waals surface area contributed by atoms with E-state index in [9.17, 15) is 14.7 Å². The number of hydrogen-bond acceptors (Lipinski definition) is 4. The Morgan fingerprint density at radius 3 is 2.52 bits per heavy atom. The standard InChI is InChI=1S/C15H11N3O3/c19-13-12(14(20)18-15(21)17-13)8-16-11-6-5-9-3-1-2-4-10(9)7-11/h1-8H,(H3,17,18,19,20,21). The molecular formula is C15H11N3O3. The Balaban J connectivity index is 2.02. The molecule has 0 bridgehead atoms. The quantitative estimate of drug-likeness (QED) is 0.623. The predicted octanol–water partition coefficient (Wildman–Crippen LogP) is 1.67. The minimum atomic E-state index is -0.764. The van der Waals surface area contributed by atoms with Crippen molar-refractivity contribution in [1.29, 1.82) is 0 Å². The van der Waals surface area contributed by atoms with Gasteiger partial charge in [-0.15, -0.1) is 0 Å². The summed E-state index contributed by atoms with van der Waals surface area (Å²) in [6.45, 7) is 0. The molecule has 0 saturated carbocycles. The highest BCUT2D eigenvalue weighted by atomic mass is 16.3. The topological polar surface area (TPSA) is 98.3 Å². The summed E-state index contributed by atoms with van der Waals surface area (Å²) in [5.74, 6) is -0.506. The SMILES string of the molecule is O=c1[nH]c(O)c(C=Nc2ccc3ccccc3c2)c(=O)[nH]1. The second-order valence-electron chi connectivity index (χ2n) is 4.46. The summed E-state index contributed by atoms with van der Waals surface area (Å²) in [6, 6.07) is 13.4. The van der Waals surface area contributed by atoms with Gasteiger partial charge >= 0.3 is 5.69 Å². The highest BCUT2D eigenvalue weighted by molar-refractivity contribution is 5.88. The molecule has 2 aromatic carbocycles. The lowest BCUT2D eigenvalue weighted by Gasteiger charge is -1.99. The van der Waals surface area contributed by atoms with Gasteiger partial charge in [0.2, 0.25) is 5.88 Å². The van der Waals surface area contributed by atoms with E-state index in [-0.39, 0.29) is 5.56 Å². The first-order chi connectivity index (χ1) is 10.1. The maximum atomic E-state index is 11.6. The Morgan fingerprint density at radius 2 is 1.76 bits per heavy atom. The zero-order valence-electron chi connectivity index (χ0n) is 10.8. The van der Waals surface area contributed by atoms with Gasteiger partial charge in [-0.3, -0.25) is 19.8 Å². The van der Waals surface area contributed by atoms with Gasteiger partial charge in [-0.1, -0.05) is 30.3 Å². The molecule has 0 unspecified atom stereocenters. The van der Waals surface area contributed by atoms with Crippen molar-refractivity contribution in [2.24, 2.45) is 4.99 Å². The molecule has 3 rings (SSSR count). The van der Waals surface area contributed by atoms with E-state index in [0.717, 1.165) is 10.8 Å². The molecule has 1 heterocycles. The summed E-state index contributed by atoms with van der Waals surface area (Å²) in [5, 5.41) is 11.7. The van der Waals surface area contributed by atoms with E-state index < -0.39 is 17.1 Å². The second kappa shape index (κ2) is 5.09. The van der Waals surface area contributed by atoms with Gasteiger partial charge in [0.05, 0.1) is 5.69 Å². The molecule has 1 aromatic heterocycles. The first kappa shape index (κ1) is 12.9.